The van der Waals surface area contributed by atoms with E-state index in [4.69, 9.17) is 5.84 Å². The molecule has 1 aliphatic carbocycles. The van der Waals surface area contributed by atoms with Gasteiger partial charge in [0.1, 0.15) is 0 Å². The number of benzene rings is 1. The molecule has 0 spiro atoms. The van der Waals surface area contributed by atoms with Gasteiger partial charge in [-0.1, -0.05) is 0 Å². The van der Waals surface area contributed by atoms with E-state index in [0.717, 1.165) is 25.1 Å². The second kappa shape index (κ2) is 5.71. The van der Waals surface area contributed by atoms with Gasteiger partial charge in [-0.2, -0.15) is 11.3 Å². The van der Waals surface area contributed by atoms with Crippen molar-refractivity contribution in [1.29, 1.82) is 0 Å². The summed E-state index contributed by atoms with van der Waals surface area (Å²) in [5, 5.41) is 15.2. The van der Waals surface area contributed by atoms with Crippen LogP contribution in [0.4, 0.5) is 17.1 Å². The van der Waals surface area contributed by atoms with Gasteiger partial charge in [-0.05, 0) is 41.3 Å². The Balaban J connectivity index is 1.94. The maximum absolute atomic E-state index is 11.1. The predicted octanol–water partition coefficient (Wildman–Crippen LogP) is 3.11. The van der Waals surface area contributed by atoms with E-state index in [1.54, 1.807) is 17.4 Å². The lowest BCUT2D eigenvalue weighted by molar-refractivity contribution is -0.384. The van der Waals surface area contributed by atoms with E-state index in [0.29, 0.717) is 11.7 Å². The average Bonchev–Trinajstić information content (AvgIpc) is 3.20. The molecule has 1 saturated carbocycles. The Kier molecular flexibility index (Phi) is 3.76. The van der Waals surface area contributed by atoms with Crippen molar-refractivity contribution in [2.45, 2.75) is 25.4 Å². The number of rotatable bonds is 6. The molecule has 110 valence electrons. The Bertz CT molecular complexity index is 640. The highest BCUT2D eigenvalue weighted by molar-refractivity contribution is 7.07. The van der Waals surface area contributed by atoms with Gasteiger partial charge in [0.2, 0.25) is 0 Å². The maximum Gasteiger partial charge on any atom is 0.273 e. The van der Waals surface area contributed by atoms with Gasteiger partial charge in [-0.3, -0.25) is 16.0 Å². The van der Waals surface area contributed by atoms with Gasteiger partial charge < -0.3 is 10.3 Å². The molecule has 1 aromatic carbocycles. The topological polar surface area (TPSA) is 84.4 Å². The number of nitro benzene ring substituents is 1. The van der Waals surface area contributed by atoms with Crippen LogP contribution in [-0.2, 0) is 6.54 Å². The molecule has 7 heteroatoms. The lowest BCUT2D eigenvalue weighted by Gasteiger charge is -2.24. The van der Waals surface area contributed by atoms with Crippen molar-refractivity contribution >= 4 is 28.4 Å². The number of nitrogens with one attached hydrogen (secondary N) is 1. The van der Waals surface area contributed by atoms with Gasteiger partial charge in [0.25, 0.3) is 5.69 Å². The van der Waals surface area contributed by atoms with E-state index in [1.807, 2.05) is 11.4 Å². The number of hydrogen-bond donors (Lipinski definition) is 2. The summed E-state index contributed by atoms with van der Waals surface area (Å²) >= 11 is 1.66. The van der Waals surface area contributed by atoms with E-state index >= 15 is 0 Å². The smallest absolute Gasteiger partial charge is 0.273 e. The van der Waals surface area contributed by atoms with E-state index in [9.17, 15) is 10.1 Å². The molecule has 1 aliphatic rings. The largest absolute Gasteiger partial charge is 0.364 e. The average molecular weight is 304 g/mol. The van der Waals surface area contributed by atoms with Gasteiger partial charge in [0.15, 0.2) is 0 Å². The third-order valence-corrected chi connectivity index (χ3v) is 4.26. The Morgan fingerprint density at radius 3 is 2.81 bits per heavy atom. The summed E-state index contributed by atoms with van der Waals surface area (Å²) in [6.45, 7) is 0.763. The summed E-state index contributed by atoms with van der Waals surface area (Å²) in [6, 6.07) is 7.46. The third kappa shape index (κ3) is 3.14. The van der Waals surface area contributed by atoms with Crippen molar-refractivity contribution in [2.24, 2.45) is 5.84 Å². The molecule has 1 aromatic heterocycles. The molecular formula is C14H16N4O2S. The van der Waals surface area contributed by atoms with Crippen LogP contribution in [0.1, 0.15) is 18.4 Å². The minimum atomic E-state index is -0.389. The lowest BCUT2D eigenvalue weighted by atomic mass is 10.2. The molecule has 0 aliphatic heterocycles. The van der Waals surface area contributed by atoms with Crippen molar-refractivity contribution in [3.8, 4) is 0 Å². The highest BCUT2D eigenvalue weighted by atomic mass is 32.1. The van der Waals surface area contributed by atoms with Gasteiger partial charge in [-0.15, -0.1) is 0 Å². The standard InChI is InChI=1S/C14H16N4O2S/c15-16-11-5-13(7-14(6-11)18(19)20)17(12-1-2-12)8-10-3-4-21-9-10/h3-7,9,12,16H,1-2,8,15H2. The first-order chi connectivity index (χ1) is 10.2. The molecule has 1 fully saturated rings. The van der Waals surface area contributed by atoms with Gasteiger partial charge in [0.05, 0.1) is 10.6 Å². The maximum atomic E-state index is 11.1. The van der Waals surface area contributed by atoms with Crippen molar-refractivity contribution in [3.63, 3.8) is 0 Å². The molecule has 0 saturated heterocycles. The molecule has 2 aromatic rings. The second-order valence-corrected chi connectivity index (χ2v) is 5.91. The molecule has 0 amide bonds. The molecule has 0 bridgehead atoms. The summed E-state index contributed by atoms with van der Waals surface area (Å²) in [6.07, 6.45) is 2.25. The summed E-state index contributed by atoms with van der Waals surface area (Å²) in [5.41, 5.74) is 5.17. The predicted molar refractivity (Wildman–Crippen MR) is 84.4 cm³/mol. The minimum Gasteiger partial charge on any atom is -0.364 e. The van der Waals surface area contributed by atoms with Crippen LogP contribution in [0.25, 0.3) is 0 Å². The first kappa shape index (κ1) is 13.8. The first-order valence-corrected chi connectivity index (χ1v) is 7.65. The zero-order valence-corrected chi connectivity index (χ0v) is 12.2. The summed E-state index contributed by atoms with van der Waals surface area (Å²) in [7, 11) is 0. The number of nitrogen functional groups attached to an aromatic ring is 1. The number of nitro groups is 1. The van der Waals surface area contributed by atoms with Crippen molar-refractivity contribution < 1.29 is 4.92 Å². The summed E-state index contributed by atoms with van der Waals surface area (Å²) < 4.78 is 0. The first-order valence-electron chi connectivity index (χ1n) is 6.71. The van der Waals surface area contributed by atoms with Crippen molar-refractivity contribution in [3.05, 3.63) is 50.7 Å². The molecule has 3 rings (SSSR count). The van der Waals surface area contributed by atoms with Crippen LogP contribution < -0.4 is 16.2 Å². The van der Waals surface area contributed by atoms with Crippen molar-refractivity contribution in [1.82, 2.24) is 0 Å². The fourth-order valence-electron chi connectivity index (χ4n) is 2.35. The van der Waals surface area contributed by atoms with E-state index in [2.05, 4.69) is 21.8 Å². The molecular weight excluding hydrogens is 288 g/mol. The molecule has 3 N–H and O–H groups in total. The molecule has 21 heavy (non-hydrogen) atoms. The number of nitrogens with two attached hydrogens (primary N) is 1. The van der Waals surface area contributed by atoms with Crippen molar-refractivity contribution in [2.75, 3.05) is 10.3 Å². The van der Waals surface area contributed by atoms with Crippen LogP contribution in [0.3, 0.4) is 0 Å². The van der Waals surface area contributed by atoms with Crippen LogP contribution in [0.2, 0.25) is 0 Å². The zero-order valence-electron chi connectivity index (χ0n) is 11.4. The van der Waals surface area contributed by atoms with Crippen LogP contribution in [0.15, 0.2) is 35.0 Å². The lowest BCUT2D eigenvalue weighted by Crippen LogP contribution is -2.25. The Hall–Kier alpha value is -2.12. The van der Waals surface area contributed by atoms with Gasteiger partial charge in [0, 0.05) is 30.4 Å². The highest BCUT2D eigenvalue weighted by Crippen LogP contribution is 2.36. The number of non-ortho nitro benzene ring substituents is 1. The Morgan fingerprint density at radius 1 is 1.43 bits per heavy atom. The minimum absolute atomic E-state index is 0.0522. The fraction of sp³-hybridized carbons (Fsp3) is 0.286. The molecule has 1 heterocycles. The number of hydrazine groups is 1. The summed E-state index contributed by atoms with van der Waals surface area (Å²) in [5.74, 6) is 5.43. The highest BCUT2D eigenvalue weighted by Gasteiger charge is 2.30. The molecule has 0 radical (unpaired) electrons. The van der Waals surface area contributed by atoms with Crippen LogP contribution in [0, 0.1) is 10.1 Å². The second-order valence-electron chi connectivity index (χ2n) is 5.13. The zero-order chi connectivity index (χ0) is 14.8. The molecule has 6 nitrogen and oxygen atoms in total. The van der Waals surface area contributed by atoms with Crippen LogP contribution in [0.5, 0.6) is 0 Å². The number of hydrogen-bond acceptors (Lipinski definition) is 6. The quantitative estimate of drug-likeness (QED) is 0.486. The van der Waals surface area contributed by atoms with E-state index in [1.165, 1.54) is 11.6 Å². The van der Waals surface area contributed by atoms with Gasteiger partial charge >= 0.3 is 0 Å². The van der Waals surface area contributed by atoms with Crippen LogP contribution >= 0.6 is 11.3 Å². The molecule has 0 unspecified atom stereocenters. The van der Waals surface area contributed by atoms with Gasteiger partial charge in [-0.25, -0.2) is 0 Å². The number of anilines is 2. The van der Waals surface area contributed by atoms with Crippen LogP contribution in [-0.4, -0.2) is 11.0 Å². The Morgan fingerprint density at radius 2 is 2.24 bits per heavy atom. The van der Waals surface area contributed by atoms with E-state index < -0.39 is 0 Å². The molecule has 0 atom stereocenters. The number of thiophene rings is 1. The summed E-state index contributed by atoms with van der Waals surface area (Å²) in [4.78, 5) is 12.9. The number of nitrogens with zero attached hydrogens (tertiary/aromatic N) is 2. The fourth-order valence-corrected chi connectivity index (χ4v) is 3.01. The Labute approximate surface area is 126 Å². The van der Waals surface area contributed by atoms with E-state index in [-0.39, 0.29) is 10.6 Å². The SMILES string of the molecule is NNc1cc(N(Cc2ccsc2)C2CC2)cc([N+](=O)[O-])c1. The normalized spacial score (nSPS) is 14.0. The monoisotopic (exact) mass is 304 g/mol. The third-order valence-electron chi connectivity index (χ3n) is 3.53.